The van der Waals surface area contributed by atoms with Crippen LogP contribution in [0.15, 0.2) is 30.3 Å². The molecule has 1 aliphatic rings. The maximum atomic E-state index is 11.7. The van der Waals surface area contributed by atoms with Crippen molar-refractivity contribution in [3.05, 3.63) is 35.9 Å². The second-order valence-corrected chi connectivity index (χ2v) is 4.94. The third-order valence-corrected chi connectivity index (χ3v) is 3.49. The topological polar surface area (TPSA) is 41.6 Å². The Labute approximate surface area is 114 Å². The van der Waals surface area contributed by atoms with Crippen molar-refractivity contribution in [3.63, 3.8) is 0 Å². The molecule has 0 aliphatic carbocycles. The third-order valence-electron chi connectivity index (χ3n) is 3.49. The molecule has 0 spiro atoms. The van der Waals surface area contributed by atoms with Gasteiger partial charge in [0.2, 0.25) is 0 Å². The van der Waals surface area contributed by atoms with Gasteiger partial charge in [-0.15, -0.1) is 0 Å². The van der Waals surface area contributed by atoms with Gasteiger partial charge in [0.25, 0.3) is 0 Å². The number of likely N-dealkylation sites (tertiary alicyclic amines) is 1. The lowest BCUT2D eigenvalue weighted by Gasteiger charge is -2.31. The highest BCUT2D eigenvalue weighted by molar-refractivity contribution is 5.67. The molecule has 0 radical (unpaired) electrons. The summed E-state index contributed by atoms with van der Waals surface area (Å²) in [5, 5.41) is 2.95. The number of hydrogen-bond donors (Lipinski definition) is 1. The summed E-state index contributed by atoms with van der Waals surface area (Å²) >= 11 is 0. The molecule has 1 aliphatic heterocycles. The van der Waals surface area contributed by atoms with Gasteiger partial charge in [-0.2, -0.15) is 0 Å². The number of carbonyl (C=O) groups excluding carboxylic acids is 1. The zero-order valence-corrected chi connectivity index (χ0v) is 11.5. The van der Waals surface area contributed by atoms with Gasteiger partial charge in [0.05, 0.1) is 0 Å². The average molecular weight is 262 g/mol. The largest absolute Gasteiger partial charge is 0.445 e. The van der Waals surface area contributed by atoms with Crippen LogP contribution in [0.1, 0.15) is 25.3 Å². The van der Waals surface area contributed by atoms with Crippen LogP contribution < -0.4 is 5.32 Å². The van der Waals surface area contributed by atoms with Gasteiger partial charge in [-0.1, -0.05) is 37.3 Å². The van der Waals surface area contributed by atoms with Gasteiger partial charge in [0, 0.05) is 12.6 Å². The molecule has 4 heteroatoms. The minimum Gasteiger partial charge on any atom is -0.445 e. The molecule has 0 aromatic heterocycles. The maximum absolute atomic E-state index is 11.7. The van der Waals surface area contributed by atoms with E-state index >= 15 is 0 Å². The third kappa shape index (κ3) is 4.56. The first-order chi connectivity index (χ1) is 9.28. The Hall–Kier alpha value is -1.55. The normalized spacial score (nSPS) is 19.9. The van der Waals surface area contributed by atoms with E-state index in [0.29, 0.717) is 6.61 Å². The number of carbonyl (C=O) groups is 1. The summed E-state index contributed by atoms with van der Waals surface area (Å²) in [5.74, 6) is 0. The van der Waals surface area contributed by atoms with Crippen LogP contribution in [0.5, 0.6) is 0 Å². The number of alkyl carbamates (subject to hydrolysis) is 1. The minimum absolute atomic E-state index is 0.219. The number of nitrogens with one attached hydrogen (secondary N) is 1. The molecular formula is C15H22N2O2. The predicted octanol–water partition coefficient (Wildman–Crippen LogP) is 2.40. The van der Waals surface area contributed by atoms with Crippen LogP contribution in [-0.4, -0.2) is 36.7 Å². The first-order valence-corrected chi connectivity index (χ1v) is 6.97. The molecule has 1 aromatic rings. The maximum Gasteiger partial charge on any atom is 0.407 e. The summed E-state index contributed by atoms with van der Waals surface area (Å²) in [7, 11) is 0. The first-order valence-electron chi connectivity index (χ1n) is 6.97. The van der Waals surface area contributed by atoms with E-state index < -0.39 is 0 Å². The van der Waals surface area contributed by atoms with E-state index in [4.69, 9.17) is 4.74 Å². The Morgan fingerprint density at radius 3 is 2.95 bits per heavy atom. The molecule has 4 nitrogen and oxygen atoms in total. The number of ether oxygens (including phenoxy) is 1. The van der Waals surface area contributed by atoms with Crippen LogP contribution in [-0.2, 0) is 11.3 Å². The molecule has 1 unspecified atom stereocenters. The van der Waals surface area contributed by atoms with Crippen LogP contribution in [0.3, 0.4) is 0 Å². The smallest absolute Gasteiger partial charge is 0.407 e. The monoisotopic (exact) mass is 262 g/mol. The van der Waals surface area contributed by atoms with Crippen LogP contribution >= 0.6 is 0 Å². The Kier molecular flexibility index (Phi) is 5.21. The lowest BCUT2D eigenvalue weighted by Crippen LogP contribution is -2.47. The number of likely N-dealkylation sites (N-methyl/N-ethyl adjacent to an activating group) is 1. The summed E-state index contributed by atoms with van der Waals surface area (Å²) in [6, 6.07) is 9.95. The second-order valence-electron chi connectivity index (χ2n) is 4.94. The summed E-state index contributed by atoms with van der Waals surface area (Å²) < 4.78 is 5.23. The van der Waals surface area contributed by atoms with E-state index in [-0.39, 0.29) is 12.1 Å². The van der Waals surface area contributed by atoms with E-state index in [0.717, 1.165) is 38.0 Å². The average Bonchev–Trinajstić information content (AvgIpc) is 2.46. The minimum atomic E-state index is -0.313. The van der Waals surface area contributed by atoms with Gasteiger partial charge in [-0.05, 0) is 31.5 Å². The highest BCUT2D eigenvalue weighted by Crippen LogP contribution is 2.10. The molecule has 104 valence electrons. The second kappa shape index (κ2) is 7.14. The molecule has 2 rings (SSSR count). The molecule has 1 aromatic carbocycles. The highest BCUT2D eigenvalue weighted by Gasteiger charge is 2.20. The first kappa shape index (κ1) is 13.9. The van der Waals surface area contributed by atoms with Crippen molar-refractivity contribution in [2.45, 2.75) is 32.4 Å². The fourth-order valence-corrected chi connectivity index (χ4v) is 2.39. The van der Waals surface area contributed by atoms with E-state index in [9.17, 15) is 4.79 Å². The molecule has 1 saturated heterocycles. The van der Waals surface area contributed by atoms with Crippen molar-refractivity contribution < 1.29 is 9.53 Å². The Balaban J connectivity index is 1.72. The molecule has 0 bridgehead atoms. The Morgan fingerprint density at radius 2 is 2.21 bits per heavy atom. The number of nitrogens with zero attached hydrogens (tertiary/aromatic N) is 1. The number of hydrogen-bond acceptors (Lipinski definition) is 3. The van der Waals surface area contributed by atoms with Crippen LogP contribution in [0.2, 0.25) is 0 Å². The molecule has 1 atom stereocenters. The van der Waals surface area contributed by atoms with Gasteiger partial charge in [-0.25, -0.2) is 4.79 Å². The van der Waals surface area contributed by atoms with Crippen molar-refractivity contribution in [1.82, 2.24) is 10.2 Å². The molecule has 19 heavy (non-hydrogen) atoms. The number of rotatable bonds is 4. The highest BCUT2D eigenvalue weighted by atomic mass is 16.5. The summed E-state index contributed by atoms with van der Waals surface area (Å²) in [6.07, 6.45) is 1.86. The predicted molar refractivity (Wildman–Crippen MR) is 74.9 cm³/mol. The van der Waals surface area contributed by atoms with Gasteiger partial charge < -0.3 is 15.0 Å². The van der Waals surface area contributed by atoms with Gasteiger partial charge >= 0.3 is 6.09 Å². The zero-order chi connectivity index (χ0) is 13.5. The Morgan fingerprint density at radius 1 is 1.42 bits per heavy atom. The Bertz CT molecular complexity index is 394. The van der Waals surface area contributed by atoms with Crippen molar-refractivity contribution >= 4 is 6.09 Å². The SMILES string of the molecule is CCN1CCCC(NC(=O)OCc2ccccc2)C1. The lowest BCUT2D eigenvalue weighted by atomic mass is 10.1. The van der Waals surface area contributed by atoms with Crippen molar-refractivity contribution in [3.8, 4) is 0 Å². The van der Waals surface area contributed by atoms with E-state index in [1.165, 1.54) is 0 Å². The van der Waals surface area contributed by atoms with E-state index in [1.54, 1.807) is 0 Å². The fraction of sp³-hybridized carbons (Fsp3) is 0.533. The fourth-order valence-electron chi connectivity index (χ4n) is 2.39. The van der Waals surface area contributed by atoms with Crippen molar-refractivity contribution in [2.24, 2.45) is 0 Å². The van der Waals surface area contributed by atoms with Gasteiger partial charge in [-0.3, -0.25) is 0 Å². The molecular weight excluding hydrogens is 240 g/mol. The van der Waals surface area contributed by atoms with Gasteiger partial charge in [0.1, 0.15) is 6.61 Å². The quantitative estimate of drug-likeness (QED) is 0.906. The molecule has 1 N–H and O–H groups in total. The number of benzene rings is 1. The molecule has 0 saturated carbocycles. The van der Waals surface area contributed by atoms with Crippen molar-refractivity contribution in [1.29, 1.82) is 0 Å². The molecule has 1 heterocycles. The van der Waals surface area contributed by atoms with E-state index in [2.05, 4.69) is 17.1 Å². The summed E-state index contributed by atoms with van der Waals surface area (Å²) in [6.45, 7) is 5.58. The number of piperidine rings is 1. The summed E-state index contributed by atoms with van der Waals surface area (Å²) in [4.78, 5) is 14.1. The molecule has 1 fully saturated rings. The van der Waals surface area contributed by atoms with Crippen molar-refractivity contribution in [2.75, 3.05) is 19.6 Å². The lowest BCUT2D eigenvalue weighted by molar-refractivity contribution is 0.125. The zero-order valence-electron chi connectivity index (χ0n) is 11.5. The van der Waals surface area contributed by atoms with E-state index in [1.807, 2.05) is 30.3 Å². The summed E-state index contributed by atoms with van der Waals surface area (Å²) in [5.41, 5.74) is 1.01. The molecule has 1 amide bonds. The van der Waals surface area contributed by atoms with Crippen LogP contribution in [0, 0.1) is 0 Å². The van der Waals surface area contributed by atoms with Crippen LogP contribution in [0.4, 0.5) is 4.79 Å². The standard InChI is InChI=1S/C15H22N2O2/c1-2-17-10-6-9-14(11-17)16-15(18)19-12-13-7-4-3-5-8-13/h3-5,7-8,14H,2,6,9-12H2,1H3,(H,16,18). The van der Waals surface area contributed by atoms with Crippen LogP contribution in [0.25, 0.3) is 0 Å². The van der Waals surface area contributed by atoms with Gasteiger partial charge in [0.15, 0.2) is 0 Å². The number of amides is 1.